The Balaban J connectivity index is 1.39. The number of fused-ring (bicyclic) bond motifs is 2. The Morgan fingerprint density at radius 3 is 2.49 bits per heavy atom. The fourth-order valence-corrected chi connectivity index (χ4v) is 5.15. The molecule has 2 unspecified atom stereocenters. The summed E-state index contributed by atoms with van der Waals surface area (Å²) in [5.41, 5.74) is 3.66. The predicted molar refractivity (Wildman–Crippen MR) is 151 cm³/mol. The van der Waals surface area contributed by atoms with Crippen molar-refractivity contribution < 1.29 is 14.2 Å². The topological polar surface area (TPSA) is 39.7 Å². The minimum atomic E-state index is -0.570. The van der Waals surface area contributed by atoms with E-state index in [2.05, 4.69) is 87.6 Å². The van der Waals surface area contributed by atoms with Crippen LogP contribution < -0.4 is 10.1 Å². The summed E-state index contributed by atoms with van der Waals surface area (Å²) in [5.74, 6) is 0.828. The second-order valence-electron chi connectivity index (χ2n) is 10.5. The molecule has 192 valence electrons. The van der Waals surface area contributed by atoms with E-state index in [1.165, 1.54) is 10.8 Å². The summed E-state index contributed by atoms with van der Waals surface area (Å²) in [5, 5.41) is 6.67. The Kier molecular flexibility index (Phi) is 7.43. The van der Waals surface area contributed by atoms with Crippen LogP contribution in [0.25, 0.3) is 10.8 Å². The van der Waals surface area contributed by atoms with Crippen LogP contribution in [-0.4, -0.2) is 17.8 Å². The number of hydrogen-bond acceptors (Lipinski definition) is 4. The van der Waals surface area contributed by atoms with Crippen LogP contribution in [-0.2, 0) is 22.6 Å². The quantitative estimate of drug-likeness (QED) is 0.256. The lowest BCUT2D eigenvalue weighted by molar-refractivity contribution is -0.177. The zero-order chi connectivity index (χ0) is 26.0. The molecule has 5 heteroatoms. The van der Waals surface area contributed by atoms with Gasteiger partial charge in [0.05, 0.1) is 12.7 Å². The summed E-state index contributed by atoms with van der Waals surface area (Å²) in [6.45, 7) is 9.41. The van der Waals surface area contributed by atoms with Crippen LogP contribution in [0, 0.1) is 0 Å². The first-order chi connectivity index (χ1) is 17.8. The van der Waals surface area contributed by atoms with E-state index in [1.807, 2.05) is 30.3 Å². The van der Waals surface area contributed by atoms with E-state index in [0.717, 1.165) is 33.1 Å². The van der Waals surface area contributed by atoms with Gasteiger partial charge < -0.3 is 19.5 Å². The minimum Gasteiger partial charge on any atom is -0.485 e. The molecule has 4 aromatic rings. The highest BCUT2D eigenvalue weighted by Gasteiger charge is 2.46. The third-order valence-corrected chi connectivity index (χ3v) is 6.93. The Morgan fingerprint density at radius 1 is 0.892 bits per heavy atom. The summed E-state index contributed by atoms with van der Waals surface area (Å²) in [6, 6.07) is 28.9. The number of hydrogen-bond donors (Lipinski definition) is 1. The Bertz CT molecular complexity index is 1380. The maximum Gasteiger partial charge on any atom is 0.132 e. The second kappa shape index (κ2) is 10.7. The zero-order valence-corrected chi connectivity index (χ0v) is 22.6. The molecular weight excluding hydrogens is 482 g/mol. The first-order valence-corrected chi connectivity index (χ1v) is 13.2. The molecule has 0 saturated heterocycles. The molecule has 1 aliphatic heterocycles. The first-order valence-electron chi connectivity index (χ1n) is 12.8. The van der Waals surface area contributed by atoms with Crippen molar-refractivity contribution in [3.05, 3.63) is 107 Å². The number of nitrogens with one attached hydrogen (secondary N) is 1. The summed E-state index contributed by atoms with van der Waals surface area (Å²) in [7, 11) is 0. The molecule has 37 heavy (non-hydrogen) atoms. The fraction of sp³-hybridized carbons (Fsp3) is 0.312. The van der Waals surface area contributed by atoms with Crippen LogP contribution in [0.1, 0.15) is 50.5 Å². The average molecular weight is 516 g/mol. The van der Waals surface area contributed by atoms with E-state index in [-0.39, 0.29) is 18.3 Å². The van der Waals surface area contributed by atoms with Gasteiger partial charge in [-0.2, -0.15) is 0 Å². The number of ether oxygens (including phenoxy) is 3. The van der Waals surface area contributed by atoms with Crippen molar-refractivity contribution in [2.45, 2.75) is 64.8 Å². The molecule has 0 radical (unpaired) electrons. The molecule has 4 nitrogen and oxygen atoms in total. The molecule has 0 aliphatic carbocycles. The van der Waals surface area contributed by atoms with Crippen molar-refractivity contribution in [3.8, 4) is 5.75 Å². The van der Waals surface area contributed by atoms with Crippen molar-refractivity contribution in [1.82, 2.24) is 0 Å². The SMILES string of the molecule is CC(C)OC1c2cc(NCc3cccc(Cl)c3)ccc2OC(C)(C)C1OCc1ccc2ccccc2c1. The van der Waals surface area contributed by atoms with Gasteiger partial charge in [-0.1, -0.05) is 60.1 Å². The van der Waals surface area contributed by atoms with Crippen LogP contribution in [0.3, 0.4) is 0 Å². The highest BCUT2D eigenvalue weighted by atomic mass is 35.5. The van der Waals surface area contributed by atoms with Gasteiger partial charge in [0.25, 0.3) is 0 Å². The fourth-order valence-electron chi connectivity index (χ4n) is 4.93. The second-order valence-corrected chi connectivity index (χ2v) is 10.9. The molecule has 5 rings (SSSR count). The number of rotatable bonds is 8. The van der Waals surface area contributed by atoms with Crippen LogP contribution in [0.5, 0.6) is 5.75 Å². The van der Waals surface area contributed by atoms with Gasteiger partial charge in [-0.3, -0.25) is 0 Å². The van der Waals surface area contributed by atoms with E-state index in [1.54, 1.807) is 0 Å². The van der Waals surface area contributed by atoms with Gasteiger partial charge in [-0.25, -0.2) is 0 Å². The van der Waals surface area contributed by atoms with Gasteiger partial charge in [0.2, 0.25) is 0 Å². The van der Waals surface area contributed by atoms with Crippen molar-refractivity contribution >= 4 is 28.1 Å². The van der Waals surface area contributed by atoms with Gasteiger partial charge in [-0.05, 0) is 86.0 Å². The van der Waals surface area contributed by atoms with E-state index >= 15 is 0 Å². The maximum absolute atomic E-state index is 6.60. The normalized spacial score (nSPS) is 18.4. The van der Waals surface area contributed by atoms with Crippen molar-refractivity contribution in [2.24, 2.45) is 0 Å². The molecule has 0 amide bonds. The lowest BCUT2D eigenvalue weighted by Gasteiger charge is -2.45. The smallest absolute Gasteiger partial charge is 0.132 e. The Labute approximate surface area is 224 Å². The maximum atomic E-state index is 6.60. The molecule has 0 spiro atoms. The number of benzene rings is 4. The summed E-state index contributed by atoms with van der Waals surface area (Å²) in [6.07, 6.45) is -0.536. The highest BCUT2D eigenvalue weighted by molar-refractivity contribution is 6.30. The van der Waals surface area contributed by atoms with E-state index in [0.29, 0.717) is 13.2 Å². The van der Waals surface area contributed by atoms with Crippen LogP contribution in [0.4, 0.5) is 5.69 Å². The standard InChI is InChI=1S/C32H34ClNO3/c1-21(2)36-30-28-18-27(34-19-22-8-7-11-26(33)17-22)14-15-29(28)37-32(3,4)31(30)35-20-23-12-13-24-9-5-6-10-25(24)16-23/h5-18,21,30-31,34H,19-20H2,1-4H3. The van der Waals surface area contributed by atoms with Crippen molar-refractivity contribution in [3.63, 3.8) is 0 Å². The monoisotopic (exact) mass is 515 g/mol. The minimum absolute atomic E-state index is 0.0293. The molecule has 0 saturated carbocycles. The molecule has 0 fully saturated rings. The summed E-state index contributed by atoms with van der Waals surface area (Å²) < 4.78 is 19.6. The predicted octanol–water partition coefficient (Wildman–Crippen LogP) is 8.33. The van der Waals surface area contributed by atoms with Crippen molar-refractivity contribution in [1.29, 1.82) is 0 Å². The summed E-state index contributed by atoms with van der Waals surface area (Å²) in [4.78, 5) is 0. The highest BCUT2D eigenvalue weighted by Crippen LogP contribution is 2.45. The zero-order valence-electron chi connectivity index (χ0n) is 21.8. The largest absolute Gasteiger partial charge is 0.485 e. The molecule has 1 heterocycles. The van der Waals surface area contributed by atoms with Crippen LogP contribution >= 0.6 is 11.6 Å². The third kappa shape index (κ3) is 5.93. The summed E-state index contributed by atoms with van der Waals surface area (Å²) >= 11 is 6.16. The molecule has 1 aliphatic rings. The molecule has 1 N–H and O–H groups in total. The molecule has 0 aromatic heterocycles. The Morgan fingerprint density at radius 2 is 1.70 bits per heavy atom. The van der Waals surface area contributed by atoms with E-state index in [4.69, 9.17) is 25.8 Å². The molecule has 4 aromatic carbocycles. The third-order valence-electron chi connectivity index (χ3n) is 6.70. The average Bonchev–Trinajstić information content (AvgIpc) is 2.86. The lowest BCUT2D eigenvalue weighted by Crippen LogP contribution is -2.51. The number of anilines is 1. The molecule has 0 bridgehead atoms. The molecule has 2 atom stereocenters. The van der Waals surface area contributed by atoms with Crippen LogP contribution in [0.15, 0.2) is 84.9 Å². The van der Waals surface area contributed by atoms with Gasteiger partial charge in [0.1, 0.15) is 23.6 Å². The van der Waals surface area contributed by atoms with Gasteiger partial charge in [0.15, 0.2) is 0 Å². The lowest BCUT2D eigenvalue weighted by atomic mass is 9.87. The van der Waals surface area contributed by atoms with Crippen molar-refractivity contribution in [2.75, 3.05) is 5.32 Å². The first kappa shape index (κ1) is 25.6. The van der Waals surface area contributed by atoms with Gasteiger partial charge in [0, 0.05) is 22.8 Å². The van der Waals surface area contributed by atoms with Crippen LogP contribution in [0.2, 0.25) is 5.02 Å². The molecular formula is C32H34ClNO3. The van der Waals surface area contributed by atoms with E-state index in [9.17, 15) is 0 Å². The van der Waals surface area contributed by atoms with E-state index < -0.39 is 5.60 Å². The van der Waals surface area contributed by atoms with Gasteiger partial charge >= 0.3 is 0 Å². The Hall–Kier alpha value is -3.05. The number of halogens is 1. The van der Waals surface area contributed by atoms with Gasteiger partial charge in [-0.15, -0.1) is 0 Å².